The maximum absolute atomic E-state index is 9.82. The molecule has 0 unspecified atom stereocenters. The van der Waals surface area contributed by atoms with E-state index in [1.165, 1.54) is 0 Å². The number of hydrogen-bond acceptors (Lipinski definition) is 3. The highest BCUT2D eigenvalue weighted by Gasteiger charge is 2.27. The number of benzene rings is 1. The van der Waals surface area contributed by atoms with E-state index in [9.17, 15) is 5.11 Å². The summed E-state index contributed by atoms with van der Waals surface area (Å²) < 4.78 is 0. The molecular weight excluding hydrogens is 166 g/mol. The highest BCUT2D eigenvalue weighted by Crippen LogP contribution is 2.23. The summed E-state index contributed by atoms with van der Waals surface area (Å²) in [5, 5.41) is 27.3. The van der Waals surface area contributed by atoms with E-state index in [0.29, 0.717) is 5.56 Å². The monoisotopic (exact) mass is 177 g/mol. The van der Waals surface area contributed by atoms with Crippen molar-refractivity contribution in [1.82, 2.24) is 0 Å². The van der Waals surface area contributed by atoms with Crippen LogP contribution in [0.15, 0.2) is 30.3 Å². The summed E-state index contributed by atoms with van der Waals surface area (Å²) in [7, 11) is 0. The fourth-order valence-electron chi connectivity index (χ4n) is 1.13. The molecule has 0 heterocycles. The number of nitrogens with zero attached hydrogens (tertiary/aromatic N) is 1. The zero-order valence-corrected chi connectivity index (χ0v) is 7.14. The van der Waals surface area contributed by atoms with Gasteiger partial charge in [-0.05, 0) is 5.56 Å². The van der Waals surface area contributed by atoms with E-state index < -0.39 is 12.2 Å². The minimum atomic E-state index is -1.42. The lowest BCUT2D eigenvalue weighted by molar-refractivity contribution is -0.0150. The number of hydrogen-bond donors (Lipinski definition) is 2. The molecule has 68 valence electrons. The van der Waals surface area contributed by atoms with Gasteiger partial charge in [-0.1, -0.05) is 30.3 Å². The van der Waals surface area contributed by atoms with Crippen LogP contribution in [-0.2, 0) is 5.60 Å². The second-order valence-electron chi connectivity index (χ2n) is 2.89. The molecule has 0 aromatic heterocycles. The van der Waals surface area contributed by atoms with Gasteiger partial charge >= 0.3 is 0 Å². The first-order valence-electron chi connectivity index (χ1n) is 3.98. The smallest absolute Gasteiger partial charge is 0.125 e. The van der Waals surface area contributed by atoms with Gasteiger partial charge in [0.2, 0.25) is 0 Å². The lowest BCUT2D eigenvalue weighted by Crippen LogP contribution is -2.29. The second-order valence-corrected chi connectivity index (χ2v) is 2.89. The summed E-state index contributed by atoms with van der Waals surface area (Å²) in [4.78, 5) is 0. The Morgan fingerprint density at radius 3 is 2.38 bits per heavy atom. The van der Waals surface area contributed by atoms with Crippen molar-refractivity contribution in [3.63, 3.8) is 0 Å². The fourth-order valence-corrected chi connectivity index (χ4v) is 1.13. The number of aliphatic hydroxyl groups excluding tert-OH is 1. The summed E-state index contributed by atoms with van der Waals surface area (Å²) in [5.41, 5.74) is -0.852. The average molecular weight is 177 g/mol. The molecule has 0 aliphatic heterocycles. The first-order valence-corrected chi connectivity index (χ1v) is 3.98. The molecule has 0 saturated heterocycles. The van der Waals surface area contributed by atoms with Gasteiger partial charge < -0.3 is 10.2 Å². The molecule has 0 bridgehead atoms. The molecule has 0 spiro atoms. The van der Waals surface area contributed by atoms with E-state index in [2.05, 4.69) is 0 Å². The minimum Gasteiger partial charge on any atom is -0.393 e. The van der Waals surface area contributed by atoms with Gasteiger partial charge in [-0.3, -0.25) is 0 Å². The van der Waals surface area contributed by atoms with Crippen LogP contribution in [-0.4, -0.2) is 16.8 Å². The molecule has 0 saturated carbocycles. The molecule has 0 aliphatic rings. The zero-order chi connectivity index (χ0) is 9.73. The van der Waals surface area contributed by atoms with Crippen molar-refractivity contribution in [2.45, 2.75) is 12.0 Å². The molecule has 1 atom stereocenters. The zero-order valence-electron chi connectivity index (χ0n) is 7.14. The molecule has 1 aromatic carbocycles. The van der Waals surface area contributed by atoms with Gasteiger partial charge in [-0.15, -0.1) is 0 Å². The highest BCUT2D eigenvalue weighted by molar-refractivity contribution is 5.23. The number of aliphatic hydroxyl groups is 2. The summed E-state index contributed by atoms with van der Waals surface area (Å²) in [6.07, 6.45) is -0.104. The third-order valence-electron chi connectivity index (χ3n) is 1.94. The molecular formula is C10H11NO2. The Labute approximate surface area is 76.9 Å². The normalized spacial score (nSPS) is 14.5. The maximum atomic E-state index is 9.82. The highest BCUT2D eigenvalue weighted by atomic mass is 16.3. The van der Waals surface area contributed by atoms with E-state index in [1.54, 1.807) is 24.3 Å². The van der Waals surface area contributed by atoms with Gasteiger partial charge in [0.15, 0.2) is 0 Å². The largest absolute Gasteiger partial charge is 0.393 e. The van der Waals surface area contributed by atoms with Gasteiger partial charge in [-0.2, -0.15) is 5.26 Å². The summed E-state index contributed by atoms with van der Waals surface area (Å²) in [5.74, 6) is 0. The van der Waals surface area contributed by atoms with Crippen LogP contribution in [0.1, 0.15) is 12.0 Å². The molecule has 13 heavy (non-hydrogen) atoms. The van der Waals surface area contributed by atoms with Gasteiger partial charge in [0, 0.05) is 0 Å². The molecule has 0 radical (unpaired) electrons. The molecule has 0 fully saturated rings. The number of nitriles is 1. The Bertz CT molecular complexity index is 304. The van der Waals surface area contributed by atoms with Crippen molar-refractivity contribution in [3.8, 4) is 6.07 Å². The molecule has 3 heteroatoms. The summed E-state index contributed by atoms with van der Waals surface area (Å²) >= 11 is 0. The van der Waals surface area contributed by atoms with E-state index in [4.69, 9.17) is 10.4 Å². The quantitative estimate of drug-likeness (QED) is 0.717. The van der Waals surface area contributed by atoms with Crippen molar-refractivity contribution >= 4 is 0 Å². The molecule has 1 aromatic rings. The van der Waals surface area contributed by atoms with Crippen molar-refractivity contribution in [1.29, 1.82) is 5.26 Å². The Kier molecular flexibility index (Phi) is 3.02. The molecule has 0 aliphatic carbocycles. The van der Waals surface area contributed by atoms with Crippen molar-refractivity contribution in [2.75, 3.05) is 6.61 Å². The molecule has 3 nitrogen and oxygen atoms in total. The standard InChI is InChI=1S/C10H11NO2/c11-7-6-10(13,8-12)9-4-2-1-3-5-9/h1-5,12-13H,6,8H2/t10-/m1/s1. The van der Waals surface area contributed by atoms with Crippen LogP contribution >= 0.6 is 0 Å². The second kappa shape index (κ2) is 4.04. The van der Waals surface area contributed by atoms with E-state index in [1.807, 2.05) is 12.1 Å². The summed E-state index contributed by atoms with van der Waals surface area (Å²) in [6.45, 7) is -0.440. The molecule has 2 N–H and O–H groups in total. The predicted octanol–water partition coefficient (Wildman–Crippen LogP) is 0.780. The lowest BCUT2D eigenvalue weighted by atomic mass is 9.92. The van der Waals surface area contributed by atoms with Gasteiger partial charge in [-0.25, -0.2) is 0 Å². The van der Waals surface area contributed by atoms with Gasteiger partial charge in [0.1, 0.15) is 5.60 Å². The van der Waals surface area contributed by atoms with Crippen LogP contribution in [0.3, 0.4) is 0 Å². The summed E-state index contributed by atoms with van der Waals surface area (Å²) in [6, 6.07) is 10.6. The van der Waals surface area contributed by atoms with Gasteiger partial charge in [0.05, 0.1) is 19.1 Å². The SMILES string of the molecule is N#CC[C@@](O)(CO)c1ccccc1. The van der Waals surface area contributed by atoms with E-state index >= 15 is 0 Å². The van der Waals surface area contributed by atoms with Crippen molar-refractivity contribution in [2.24, 2.45) is 0 Å². The fraction of sp³-hybridized carbons (Fsp3) is 0.300. The van der Waals surface area contributed by atoms with Crippen LogP contribution in [0.2, 0.25) is 0 Å². The number of rotatable bonds is 3. The maximum Gasteiger partial charge on any atom is 0.125 e. The van der Waals surface area contributed by atoms with Crippen molar-refractivity contribution < 1.29 is 10.2 Å². The topological polar surface area (TPSA) is 64.2 Å². The average Bonchev–Trinajstić information content (AvgIpc) is 2.19. The Morgan fingerprint density at radius 1 is 1.31 bits per heavy atom. The van der Waals surface area contributed by atoms with E-state index in [-0.39, 0.29) is 6.42 Å². The lowest BCUT2D eigenvalue weighted by Gasteiger charge is -2.22. The van der Waals surface area contributed by atoms with Crippen LogP contribution in [0, 0.1) is 11.3 Å². The van der Waals surface area contributed by atoms with E-state index in [0.717, 1.165) is 0 Å². The van der Waals surface area contributed by atoms with Crippen LogP contribution in [0.25, 0.3) is 0 Å². The van der Waals surface area contributed by atoms with Crippen LogP contribution in [0.5, 0.6) is 0 Å². The third-order valence-corrected chi connectivity index (χ3v) is 1.94. The first-order chi connectivity index (χ1) is 6.23. The predicted molar refractivity (Wildman–Crippen MR) is 47.7 cm³/mol. The minimum absolute atomic E-state index is 0.104. The Morgan fingerprint density at radius 2 is 1.92 bits per heavy atom. The first kappa shape index (κ1) is 9.72. The molecule has 0 amide bonds. The van der Waals surface area contributed by atoms with Crippen LogP contribution < -0.4 is 0 Å². The Hall–Kier alpha value is -1.37. The van der Waals surface area contributed by atoms with Crippen LogP contribution in [0.4, 0.5) is 0 Å². The molecule has 1 rings (SSSR count). The van der Waals surface area contributed by atoms with Gasteiger partial charge in [0.25, 0.3) is 0 Å². The van der Waals surface area contributed by atoms with Crippen molar-refractivity contribution in [3.05, 3.63) is 35.9 Å². The third kappa shape index (κ3) is 2.05. The Balaban J connectivity index is 2.97.